The van der Waals surface area contributed by atoms with Gasteiger partial charge in [0.15, 0.2) is 0 Å². The Labute approximate surface area is 168 Å². The van der Waals surface area contributed by atoms with Gasteiger partial charge in [0, 0.05) is 17.6 Å². The fraction of sp³-hybridized carbons (Fsp3) is 0.632. The summed E-state index contributed by atoms with van der Waals surface area (Å²) in [5.74, 6) is 0.0734. The lowest BCUT2D eigenvalue weighted by atomic mass is 10.0. The molecule has 2 aliphatic rings. The van der Waals surface area contributed by atoms with Gasteiger partial charge in [-0.05, 0) is 62.8 Å². The second kappa shape index (κ2) is 9.37. The molecule has 0 saturated heterocycles. The van der Waals surface area contributed by atoms with Crippen molar-refractivity contribution in [3.63, 3.8) is 0 Å². The van der Waals surface area contributed by atoms with Crippen LogP contribution in [0.3, 0.4) is 0 Å². The average molecular weight is 416 g/mol. The highest BCUT2D eigenvalue weighted by Gasteiger charge is 2.29. The van der Waals surface area contributed by atoms with Crippen LogP contribution in [0.1, 0.15) is 60.9 Å². The van der Waals surface area contributed by atoms with Crippen molar-refractivity contribution in [2.45, 2.75) is 68.8 Å². The van der Waals surface area contributed by atoms with Gasteiger partial charge in [0.05, 0.1) is 4.90 Å². The van der Waals surface area contributed by atoms with Crippen molar-refractivity contribution in [2.24, 2.45) is 11.7 Å². The maximum Gasteiger partial charge on any atom is 0.251 e. The maximum absolute atomic E-state index is 12.8. The number of hydrogen-bond acceptors (Lipinski definition) is 4. The van der Waals surface area contributed by atoms with Crippen molar-refractivity contribution in [1.29, 1.82) is 0 Å². The lowest BCUT2D eigenvalue weighted by Gasteiger charge is -2.20. The number of hydrogen-bond donors (Lipinski definition) is 3. The zero-order valence-electron chi connectivity index (χ0n) is 15.7. The van der Waals surface area contributed by atoms with Crippen LogP contribution in [0.4, 0.5) is 0 Å². The molecule has 0 aromatic heterocycles. The highest BCUT2D eigenvalue weighted by molar-refractivity contribution is 7.89. The molecule has 0 aliphatic heterocycles. The number of aryl methyl sites for hydroxylation is 1. The molecule has 1 aromatic rings. The largest absolute Gasteiger partial charge is 0.349 e. The summed E-state index contributed by atoms with van der Waals surface area (Å²) < 4.78 is 28.3. The topological polar surface area (TPSA) is 101 Å². The molecule has 0 radical (unpaired) electrons. The van der Waals surface area contributed by atoms with Crippen LogP contribution in [0.5, 0.6) is 0 Å². The van der Waals surface area contributed by atoms with E-state index in [-0.39, 0.29) is 35.3 Å². The Morgan fingerprint density at radius 3 is 2.52 bits per heavy atom. The number of sulfonamides is 1. The molecule has 1 aromatic carbocycles. The lowest BCUT2D eigenvalue weighted by Crippen LogP contribution is -2.40. The van der Waals surface area contributed by atoms with Crippen LogP contribution in [-0.2, 0) is 10.0 Å². The van der Waals surface area contributed by atoms with Crippen LogP contribution in [-0.4, -0.2) is 33.0 Å². The fourth-order valence-electron chi connectivity index (χ4n) is 4.12. The average Bonchev–Trinajstić information content (AvgIpc) is 3.26. The Kier molecular flexibility index (Phi) is 7.68. The monoisotopic (exact) mass is 415 g/mol. The van der Waals surface area contributed by atoms with Crippen molar-refractivity contribution in [1.82, 2.24) is 10.0 Å². The van der Waals surface area contributed by atoms with E-state index < -0.39 is 10.0 Å². The van der Waals surface area contributed by atoms with Gasteiger partial charge in [0.2, 0.25) is 10.0 Å². The van der Waals surface area contributed by atoms with Gasteiger partial charge in [0.1, 0.15) is 0 Å². The van der Waals surface area contributed by atoms with Gasteiger partial charge >= 0.3 is 0 Å². The summed E-state index contributed by atoms with van der Waals surface area (Å²) in [6, 6.07) is 4.96. The number of rotatable bonds is 6. The van der Waals surface area contributed by atoms with E-state index in [9.17, 15) is 13.2 Å². The first-order chi connectivity index (χ1) is 12.4. The molecule has 0 heterocycles. The van der Waals surface area contributed by atoms with Crippen LogP contribution in [0.25, 0.3) is 0 Å². The van der Waals surface area contributed by atoms with Crippen molar-refractivity contribution in [3.05, 3.63) is 29.3 Å². The second-order valence-electron chi connectivity index (χ2n) is 7.59. The quantitative estimate of drug-likeness (QED) is 0.664. The molecular weight excluding hydrogens is 386 g/mol. The molecule has 4 N–H and O–H groups in total. The number of nitrogens with one attached hydrogen (secondary N) is 2. The van der Waals surface area contributed by atoms with E-state index in [1.807, 2.05) is 0 Å². The summed E-state index contributed by atoms with van der Waals surface area (Å²) in [5, 5.41) is 3.03. The minimum Gasteiger partial charge on any atom is -0.349 e. The summed E-state index contributed by atoms with van der Waals surface area (Å²) >= 11 is 0. The van der Waals surface area contributed by atoms with E-state index in [0.29, 0.717) is 23.6 Å². The predicted octanol–water partition coefficient (Wildman–Crippen LogP) is 2.49. The van der Waals surface area contributed by atoms with Crippen LogP contribution in [0, 0.1) is 12.8 Å². The zero-order valence-corrected chi connectivity index (χ0v) is 17.4. The highest BCUT2D eigenvalue weighted by Crippen LogP contribution is 2.26. The van der Waals surface area contributed by atoms with Crippen molar-refractivity contribution >= 4 is 28.3 Å². The molecular formula is C19H30ClN3O3S. The maximum atomic E-state index is 12.8. The Bertz CT molecular complexity index is 763. The number of nitrogens with two attached hydrogens (primary N) is 1. The first-order valence-electron chi connectivity index (χ1n) is 9.54. The van der Waals surface area contributed by atoms with Crippen molar-refractivity contribution in [3.8, 4) is 0 Å². The first kappa shape index (κ1) is 22.1. The van der Waals surface area contributed by atoms with Gasteiger partial charge in [-0.15, -0.1) is 12.4 Å². The van der Waals surface area contributed by atoms with E-state index in [0.717, 1.165) is 44.9 Å². The Hall–Kier alpha value is -1.15. The predicted molar refractivity (Wildman–Crippen MR) is 109 cm³/mol. The molecule has 3 rings (SSSR count). The zero-order chi connectivity index (χ0) is 18.7. The molecule has 2 fully saturated rings. The van der Waals surface area contributed by atoms with Gasteiger partial charge in [-0.2, -0.15) is 0 Å². The summed E-state index contributed by atoms with van der Waals surface area (Å²) in [7, 11) is -3.62. The van der Waals surface area contributed by atoms with Crippen LogP contribution in [0.2, 0.25) is 0 Å². The molecule has 0 spiro atoms. The summed E-state index contributed by atoms with van der Waals surface area (Å²) in [4.78, 5) is 12.8. The fourth-order valence-corrected chi connectivity index (χ4v) is 5.69. The number of halogens is 1. The van der Waals surface area contributed by atoms with Crippen molar-refractivity contribution < 1.29 is 13.2 Å². The van der Waals surface area contributed by atoms with E-state index in [1.165, 1.54) is 6.07 Å². The normalized spacial score (nSPS) is 23.2. The van der Waals surface area contributed by atoms with E-state index in [1.54, 1.807) is 19.1 Å². The van der Waals surface area contributed by atoms with Crippen LogP contribution < -0.4 is 15.8 Å². The van der Waals surface area contributed by atoms with Crippen LogP contribution >= 0.6 is 12.4 Å². The summed E-state index contributed by atoms with van der Waals surface area (Å²) in [5.41, 5.74) is 6.80. The SMILES string of the molecule is Cc1ccc(C(=O)NC2CCCC2CN)cc1S(=O)(=O)NC1CCCC1.Cl. The smallest absolute Gasteiger partial charge is 0.251 e. The number of amides is 1. The molecule has 2 atom stereocenters. The Morgan fingerprint density at radius 1 is 1.15 bits per heavy atom. The number of carbonyl (C=O) groups is 1. The molecule has 152 valence electrons. The van der Waals surface area contributed by atoms with Crippen LogP contribution in [0.15, 0.2) is 23.1 Å². The molecule has 6 nitrogen and oxygen atoms in total. The molecule has 0 bridgehead atoms. The minimum atomic E-state index is -3.62. The third-order valence-electron chi connectivity index (χ3n) is 5.70. The molecule has 2 saturated carbocycles. The molecule has 1 amide bonds. The molecule has 2 unspecified atom stereocenters. The standard InChI is InChI=1S/C19H29N3O3S.ClH/c1-13-9-10-14(19(23)21-17-8-4-5-15(17)12-20)11-18(13)26(24,25)22-16-6-2-3-7-16;/h9-11,15-17,22H,2-8,12,20H2,1H3,(H,21,23);1H. The van der Waals surface area contributed by atoms with Crippen molar-refractivity contribution in [2.75, 3.05) is 6.54 Å². The van der Waals surface area contributed by atoms with Gasteiger partial charge in [-0.1, -0.05) is 25.3 Å². The molecule has 2 aliphatic carbocycles. The highest BCUT2D eigenvalue weighted by atomic mass is 35.5. The van der Waals surface area contributed by atoms with Gasteiger partial charge in [0.25, 0.3) is 5.91 Å². The summed E-state index contributed by atoms with van der Waals surface area (Å²) in [6.07, 6.45) is 6.87. The van der Waals surface area contributed by atoms with Gasteiger partial charge in [-0.3, -0.25) is 4.79 Å². The van der Waals surface area contributed by atoms with E-state index in [4.69, 9.17) is 5.73 Å². The second-order valence-corrected chi connectivity index (χ2v) is 9.27. The molecule has 27 heavy (non-hydrogen) atoms. The lowest BCUT2D eigenvalue weighted by molar-refractivity contribution is 0.0928. The third-order valence-corrected chi connectivity index (χ3v) is 7.36. The van der Waals surface area contributed by atoms with Gasteiger partial charge in [-0.25, -0.2) is 13.1 Å². The van der Waals surface area contributed by atoms with E-state index >= 15 is 0 Å². The number of carbonyl (C=O) groups excluding carboxylic acids is 1. The minimum absolute atomic E-state index is 0. The summed E-state index contributed by atoms with van der Waals surface area (Å²) in [6.45, 7) is 2.32. The molecule has 8 heteroatoms. The number of benzene rings is 1. The Morgan fingerprint density at radius 2 is 1.85 bits per heavy atom. The van der Waals surface area contributed by atoms with Gasteiger partial charge < -0.3 is 11.1 Å². The Balaban J connectivity index is 0.00000261. The first-order valence-corrected chi connectivity index (χ1v) is 11.0. The van der Waals surface area contributed by atoms with E-state index in [2.05, 4.69) is 10.0 Å². The third kappa shape index (κ3) is 5.22.